The summed E-state index contributed by atoms with van der Waals surface area (Å²) in [5, 5.41) is 16.8. The number of allylic oxidation sites excluding steroid dienone is 3. The Bertz CT molecular complexity index is 2080. The summed E-state index contributed by atoms with van der Waals surface area (Å²) >= 11 is 0. The third-order valence-electron chi connectivity index (χ3n) is 10.7. The van der Waals surface area contributed by atoms with Crippen molar-refractivity contribution in [2.75, 3.05) is 13.1 Å². The molecule has 2 aliphatic rings. The number of aromatic nitrogens is 4. The van der Waals surface area contributed by atoms with Gasteiger partial charge in [-0.25, -0.2) is 9.78 Å². The largest absolute Gasteiger partial charge is 0.478 e. The topological polar surface area (TPSA) is 153 Å². The first kappa shape index (κ1) is 38.2. The number of aromatic carboxylic acids is 1. The van der Waals surface area contributed by atoms with Gasteiger partial charge in [0, 0.05) is 64.7 Å². The summed E-state index contributed by atoms with van der Waals surface area (Å²) in [6.07, 6.45) is 6.93. The SMILES string of the molecule is C=CC1=C(C)c2cc3nc(c(CC(=O)NCCCC)c4[nH]c(cc5[nH]c(cc1n2)c(C)c5CC)c(C)c4C(=O)O)[C@@H](CCC(=O)NCCCC)[C@@H]3C. The number of carboxylic acid groups (broad SMARTS) is 1. The number of H-pyrrole nitrogens is 2. The molecule has 10 nitrogen and oxygen atoms in total. The van der Waals surface area contributed by atoms with Gasteiger partial charge in [0.25, 0.3) is 0 Å². The minimum absolute atomic E-state index is 0.0370. The first-order valence-corrected chi connectivity index (χ1v) is 18.8. The van der Waals surface area contributed by atoms with E-state index in [2.05, 4.69) is 67.9 Å². The fourth-order valence-electron chi connectivity index (χ4n) is 7.51. The number of carbonyl (C=O) groups excluding carboxylic acids is 2. The van der Waals surface area contributed by atoms with Gasteiger partial charge in [0.15, 0.2) is 0 Å². The molecule has 5 rings (SSSR count). The van der Waals surface area contributed by atoms with E-state index in [0.29, 0.717) is 47.4 Å². The van der Waals surface area contributed by atoms with Crippen molar-refractivity contribution in [2.45, 2.75) is 112 Å². The highest BCUT2D eigenvalue weighted by Crippen LogP contribution is 2.43. The molecule has 2 amide bonds. The molecule has 0 fully saturated rings. The van der Waals surface area contributed by atoms with Crippen LogP contribution in [0.5, 0.6) is 0 Å². The van der Waals surface area contributed by atoms with Gasteiger partial charge < -0.3 is 25.7 Å². The number of aromatic amines is 2. The highest BCUT2D eigenvalue weighted by molar-refractivity contribution is 6.03. The Hall–Kier alpha value is -4.99. The van der Waals surface area contributed by atoms with E-state index in [1.165, 1.54) is 0 Å². The predicted molar refractivity (Wildman–Crippen MR) is 209 cm³/mol. The van der Waals surface area contributed by atoms with E-state index in [4.69, 9.17) is 9.97 Å². The minimum atomic E-state index is -1.09. The molecule has 5 N–H and O–H groups in total. The van der Waals surface area contributed by atoms with Crippen molar-refractivity contribution >= 4 is 51.0 Å². The second kappa shape index (κ2) is 16.6. The van der Waals surface area contributed by atoms with Gasteiger partial charge in [-0.05, 0) is 86.9 Å². The lowest BCUT2D eigenvalue weighted by Gasteiger charge is -2.18. The number of hydrogen-bond acceptors (Lipinski definition) is 5. The number of amides is 2. The lowest BCUT2D eigenvalue weighted by Crippen LogP contribution is -2.27. The van der Waals surface area contributed by atoms with Crippen LogP contribution in [-0.2, 0) is 22.4 Å². The van der Waals surface area contributed by atoms with Gasteiger partial charge in [0.2, 0.25) is 11.8 Å². The number of carbonyl (C=O) groups is 3. The zero-order chi connectivity index (χ0) is 37.7. The number of nitrogens with one attached hydrogen (secondary N) is 4. The summed E-state index contributed by atoms with van der Waals surface area (Å²) in [7, 11) is 0. The Morgan fingerprint density at radius 1 is 0.865 bits per heavy atom. The van der Waals surface area contributed by atoms with Crippen LogP contribution in [0.4, 0.5) is 0 Å². The summed E-state index contributed by atoms with van der Waals surface area (Å²) in [4.78, 5) is 57.1. The van der Waals surface area contributed by atoms with Crippen LogP contribution in [0.15, 0.2) is 30.9 Å². The zero-order valence-corrected chi connectivity index (χ0v) is 31.8. The van der Waals surface area contributed by atoms with Gasteiger partial charge >= 0.3 is 5.97 Å². The van der Waals surface area contributed by atoms with Crippen molar-refractivity contribution in [1.82, 2.24) is 30.6 Å². The van der Waals surface area contributed by atoms with E-state index in [1.54, 1.807) is 6.92 Å². The van der Waals surface area contributed by atoms with Crippen LogP contribution in [0.1, 0.15) is 140 Å². The molecule has 5 heterocycles. The Balaban J connectivity index is 1.89. The van der Waals surface area contributed by atoms with Gasteiger partial charge in [-0.2, -0.15) is 0 Å². The van der Waals surface area contributed by atoms with Crippen LogP contribution in [0.2, 0.25) is 0 Å². The number of hydrogen-bond donors (Lipinski definition) is 5. The van der Waals surface area contributed by atoms with E-state index in [1.807, 2.05) is 25.1 Å². The van der Waals surface area contributed by atoms with E-state index in [0.717, 1.165) is 82.5 Å². The molecule has 276 valence electrons. The number of fused-ring (bicyclic) bond motifs is 8. The van der Waals surface area contributed by atoms with Crippen molar-refractivity contribution in [3.05, 3.63) is 81.4 Å². The number of unbranched alkanes of at least 4 members (excludes halogenated alkanes) is 2. The molecule has 0 saturated heterocycles. The molecule has 0 radical (unpaired) electrons. The maximum atomic E-state index is 13.6. The highest BCUT2D eigenvalue weighted by atomic mass is 16.4. The summed E-state index contributed by atoms with van der Waals surface area (Å²) in [6.45, 7) is 19.5. The fraction of sp³-hybridized carbons (Fsp3) is 0.452. The molecular weight excluding hydrogens is 652 g/mol. The van der Waals surface area contributed by atoms with E-state index >= 15 is 0 Å². The summed E-state index contributed by atoms with van der Waals surface area (Å²) in [5.41, 5.74) is 11.1. The van der Waals surface area contributed by atoms with Crippen molar-refractivity contribution in [1.29, 1.82) is 0 Å². The third-order valence-corrected chi connectivity index (χ3v) is 10.7. The third kappa shape index (κ3) is 7.76. The first-order chi connectivity index (χ1) is 24.9. The van der Waals surface area contributed by atoms with E-state index in [-0.39, 0.29) is 42.1 Å². The molecule has 10 heteroatoms. The smallest absolute Gasteiger partial charge is 0.338 e. The van der Waals surface area contributed by atoms with Gasteiger partial charge in [-0.3, -0.25) is 14.6 Å². The molecule has 2 aliphatic heterocycles. The molecule has 0 spiro atoms. The highest BCUT2D eigenvalue weighted by Gasteiger charge is 2.34. The molecule has 3 aromatic heterocycles. The molecule has 2 atom stereocenters. The van der Waals surface area contributed by atoms with Crippen LogP contribution in [0.3, 0.4) is 0 Å². The second-order valence-corrected chi connectivity index (χ2v) is 14.1. The van der Waals surface area contributed by atoms with Gasteiger partial charge in [-0.1, -0.05) is 53.2 Å². The van der Waals surface area contributed by atoms with Gasteiger partial charge in [0.05, 0.1) is 34.6 Å². The Labute approximate surface area is 306 Å². The van der Waals surface area contributed by atoms with E-state index in [9.17, 15) is 19.5 Å². The van der Waals surface area contributed by atoms with Crippen molar-refractivity contribution in [2.24, 2.45) is 0 Å². The molecule has 0 unspecified atom stereocenters. The van der Waals surface area contributed by atoms with Gasteiger partial charge in [-0.15, -0.1) is 0 Å². The zero-order valence-electron chi connectivity index (χ0n) is 31.8. The normalized spacial score (nSPS) is 15.5. The van der Waals surface area contributed by atoms with Gasteiger partial charge in [0.1, 0.15) is 0 Å². The maximum absolute atomic E-state index is 13.6. The average molecular weight is 707 g/mol. The first-order valence-electron chi connectivity index (χ1n) is 18.8. The van der Waals surface area contributed by atoms with Crippen LogP contribution >= 0.6 is 0 Å². The standard InChI is InChI=1S/C42H54N6O4/c1-9-13-17-43-37(49)16-15-29-25(7)33-20-31-23(5)27(11-3)35(45-31)21-32-24(6)28(12-4)36(46-32)22-34-26(8)39(42(51)52)41(48-34)30(40(29)47-33)19-38(50)44-18-14-10-2/h11,20-22,25,29,46,48H,3,9-10,12-19H2,1-2,4-8H3,(H,43,49)(H,44,50)(H,51,52)/t25-,29-/m0/s1. The van der Waals surface area contributed by atoms with Crippen LogP contribution < -0.4 is 10.6 Å². The minimum Gasteiger partial charge on any atom is -0.478 e. The van der Waals surface area contributed by atoms with Crippen LogP contribution in [-0.4, -0.2) is 55.9 Å². The molecule has 0 aliphatic carbocycles. The molecule has 0 aromatic carbocycles. The lowest BCUT2D eigenvalue weighted by atomic mass is 9.84. The average Bonchev–Trinajstić information content (AvgIpc) is 3.79. The predicted octanol–water partition coefficient (Wildman–Crippen LogP) is 8.35. The summed E-state index contributed by atoms with van der Waals surface area (Å²) < 4.78 is 0. The summed E-state index contributed by atoms with van der Waals surface area (Å²) in [5.74, 6) is -1.73. The molecule has 0 saturated carbocycles. The number of nitrogens with zero attached hydrogens (tertiary/aromatic N) is 2. The molecule has 8 bridgehead atoms. The second-order valence-electron chi connectivity index (χ2n) is 14.1. The summed E-state index contributed by atoms with van der Waals surface area (Å²) in [6, 6.07) is 6.01. The number of carboxylic acids is 1. The van der Waals surface area contributed by atoms with E-state index < -0.39 is 5.97 Å². The fourth-order valence-corrected chi connectivity index (χ4v) is 7.51. The monoisotopic (exact) mass is 706 g/mol. The quantitative estimate of drug-likeness (QED) is 0.106. The van der Waals surface area contributed by atoms with Crippen LogP contribution in [0, 0.1) is 13.8 Å². The Morgan fingerprint density at radius 3 is 2.17 bits per heavy atom. The maximum Gasteiger partial charge on any atom is 0.338 e. The Kier molecular flexibility index (Phi) is 12.2. The molecule has 52 heavy (non-hydrogen) atoms. The molecular formula is C42H54N6O4. The lowest BCUT2D eigenvalue weighted by molar-refractivity contribution is -0.121. The van der Waals surface area contributed by atoms with Crippen molar-refractivity contribution < 1.29 is 19.5 Å². The molecule has 3 aromatic rings. The number of rotatable bonds is 14. The van der Waals surface area contributed by atoms with Crippen molar-refractivity contribution in [3.8, 4) is 0 Å². The number of aryl methyl sites for hydroxylation is 3. The Morgan fingerprint density at radius 2 is 1.54 bits per heavy atom. The van der Waals surface area contributed by atoms with Crippen molar-refractivity contribution in [3.63, 3.8) is 0 Å². The van der Waals surface area contributed by atoms with Crippen LogP contribution in [0.25, 0.3) is 33.2 Å².